The quantitative estimate of drug-likeness (QED) is 0.0960. The number of piperazine rings is 1. The Balaban J connectivity index is 0.656. The minimum atomic E-state index is -1.12. The molecule has 2 saturated heterocycles. The SMILES string of the molecule is Cc1cc(OC2CCC(OCCN3CCN(c4cccc5c(C6CCC(=O)NC6=O)nn(C)c45)CC3)CC2)ccc1-c1ccc(N2CCc3ccnc(C(=O)Nc4nc5ccccc5s4)c3C2)nc1C(=O)O. The van der Waals surface area contributed by atoms with Crippen LogP contribution in [0, 0.1) is 6.92 Å². The van der Waals surface area contributed by atoms with Crippen LogP contribution in [-0.4, -0.2) is 117 Å². The molecule has 4 aromatic heterocycles. The van der Waals surface area contributed by atoms with Gasteiger partial charge in [0.15, 0.2) is 10.8 Å². The molecule has 3 aromatic carbocycles. The first-order chi connectivity index (χ1) is 35.0. The number of rotatable bonds is 13. The zero-order valence-electron chi connectivity index (χ0n) is 40.3. The third kappa shape index (κ3) is 9.60. The average molecular weight is 989 g/mol. The molecule has 1 aliphatic carbocycles. The molecule has 11 rings (SSSR count). The summed E-state index contributed by atoms with van der Waals surface area (Å²) >= 11 is 1.41. The largest absolute Gasteiger partial charge is 0.490 e. The van der Waals surface area contributed by atoms with E-state index in [-0.39, 0.29) is 35.6 Å². The van der Waals surface area contributed by atoms with Crippen molar-refractivity contribution >= 4 is 72.8 Å². The number of hydrogen-bond donors (Lipinski definition) is 3. The molecule has 0 radical (unpaired) electrons. The van der Waals surface area contributed by atoms with Gasteiger partial charge in [0.05, 0.1) is 51.8 Å². The van der Waals surface area contributed by atoms with Crippen LogP contribution in [0.3, 0.4) is 0 Å². The first kappa shape index (κ1) is 47.1. The summed E-state index contributed by atoms with van der Waals surface area (Å²) in [6.07, 6.45) is 6.95. The van der Waals surface area contributed by atoms with Crippen LogP contribution in [0.4, 0.5) is 16.6 Å². The molecule has 370 valence electrons. The number of pyridine rings is 2. The van der Waals surface area contributed by atoms with E-state index in [9.17, 15) is 24.3 Å². The molecule has 3 fully saturated rings. The number of carbonyl (C=O) groups is 4. The Labute approximate surface area is 420 Å². The molecule has 4 aliphatic rings. The number of thiazole rings is 1. The molecule has 0 bridgehead atoms. The number of para-hydroxylation sites is 2. The van der Waals surface area contributed by atoms with Crippen molar-refractivity contribution in [2.45, 2.75) is 76.5 Å². The van der Waals surface area contributed by atoms with Gasteiger partial charge in [-0.3, -0.25) is 39.6 Å². The highest BCUT2D eigenvalue weighted by atomic mass is 32.1. The molecule has 1 saturated carbocycles. The highest BCUT2D eigenvalue weighted by Crippen LogP contribution is 2.37. The smallest absolute Gasteiger partial charge is 0.355 e. The van der Waals surface area contributed by atoms with Crippen molar-refractivity contribution in [3.63, 3.8) is 0 Å². The van der Waals surface area contributed by atoms with Gasteiger partial charge < -0.3 is 24.4 Å². The van der Waals surface area contributed by atoms with Crippen molar-refractivity contribution in [3.8, 4) is 16.9 Å². The molecular weight excluding hydrogens is 933 g/mol. The summed E-state index contributed by atoms with van der Waals surface area (Å²) in [5.41, 5.74) is 7.92. The maximum atomic E-state index is 13.6. The number of nitrogens with zero attached hydrogens (tertiary/aromatic N) is 8. The van der Waals surface area contributed by atoms with E-state index in [1.807, 2.05) is 96.3 Å². The van der Waals surface area contributed by atoms with Crippen LogP contribution in [0.1, 0.15) is 87.8 Å². The number of nitrogens with one attached hydrogen (secondary N) is 2. The van der Waals surface area contributed by atoms with E-state index < -0.39 is 11.9 Å². The molecule has 1 atom stereocenters. The molecule has 0 spiro atoms. The average Bonchev–Trinajstić information content (AvgIpc) is 3.96. The highest BCUT2D eigenvalue weighted by molar-refractivity contribution is 7.22. The number of imide groups is 1. The number of anilines is 3. The Hall–Kier alpha value is -7.28. The van der Waals surface area contributed by atoms with Crippen LogP contribution in [0.15, 0.2) is 85.1 Å². The number of carboxylic acid groups (broad SMARTS) is 1. The monoisotopic (exact) mass is 988 g/mol. The van der Waals surface area contributed by atoms with E-state index >= 15 is 0 Å². The molecule has 7 aromatic rings. The maximum Gasteiger partial charge on any atom is 0.355 e. The van der Waals surface area contributed by atoms with Crippen molar-refractivity contribution in [2.75, 3.05) is 61.0 Å². The number of benzene rings is 3. The number of amides is 3. The van der Waals surface area contributed by atoms with Crippen molar-refractivity contribution in [2.24, 2.45) is 7.05 Å². The lowest BCUT2D eigenvalue weighted by Crippen LogP contribution is -2.47. The van der Waals surface area contributed by atoms with Crippen molar-refractivity contribution < 1.29 is 33.8 Å². The molecular formula is C54H56N10O7S. The molecule has 3 amide bonds. The Bertz CT molecular complexity index is 3200. The molecule has 18 heteroatoms. The summed E-state index contributed by atoms with van der Waals surface area (Å²) < 4.78 is 15.8. The maximum absolute atomic E-state index is 13.6. The van der Waals surface area contributed by atoms with Crippen LogP contribution in [0.2, 0.25) is 0 Å². The second-order valence-corrected chi connectivity index (χ2v) is 20.2. The molecule has 3 N–H and O–H groups in total. The zero-order chi connectivity index (χ0) is 49.5. The lowest BCUT2D eigenvalue weighted by Gasteiger charge is -2.36. The van der Waals surface area contributed by atoms with Crippen molar-refractivity contribution in [1.82, 2.24) is 34.9 Å². The summed E-state index contributed by atoms with van der Waals surface area (Å²) in [6, 6.07) is 25.3. The number of carboxylic acids is 1. The predicted octanol–water partition coefficient (Wildman–Crippen LogP) is 7.51. The Morgan fingerprint density at radius 2 is 1.65 bits per heavy atom. The van der Waals surface area contributed by atoms with Gasteiger partial charge in [-0.2, -0.15) is 5.10 Å². The number of carbonyl (C=O) groups excluding carboxylic acids is 3. The fraction of sp³-hybridized carbons (Fsp3) is 0.370. The Morgan fingerprint density at radius 3 is 2.44 bits per heavy atom. The van der Waals surface area contributed by atoms with Crippen molar-refractivity contribution in [1.29, 1.82) is 0 Å². The van der Waals surface area contributed by atoms with E-state index in [2.05, 4.69) is 36.5 Å². The number of piperidine rings is 1. The number of aromatic nitrogens is 5. The number of fused-ring (bicyclic) bond motifs is 3. The molecule has 3 aliphatic heterocycles. The highest BCUT2D eigenvalue weighted by Gasteiger charge is 2.33. The van der Waals surface area contributed by atoms with E-state index in [1.165, 1.54) is 11.3 Å². The van der Waals surface area contributed by atoms with Gasteiger partial charge in [-0.05, 0) is 111 Å². The fourth-order valence-corrected chi connectivity index (χ4v) is 11.7. The van der Waals surface area contributed by atoms with Gasteiger partial charge in [0.25, 0.3) is 5.91 Å². The van der Waals surface area contributed by atoms with E-state index in [1.54, 1.807) is 6.20 Å². The summed E-state index contributed by atoms with van der Waals surface area (Å²) in [5.74, 6) is -1.13. The molecule has 17 nitrogen and oxygen atoms in total. The van der Waals surface area contributed by atoms with Crippen LogP contribution in [-0.2, 0) is 34.3 Å². The lowest BCUT2D eigenvalue weighted by atomic mass is 9.92. The Morgan fingerprint density at radius 1 is 0.847 bits per heavy atom. The lowest BCUT2D eigenvalue weighted by molar-refractivity contribution is -0.134. The van der Waals surface area contributed by atoms with Crippen LogP contribution >= 0.6 is 11.3 Å². The van der Waals surface area contributed by atoms with Crippen molar-refractivity contribution in [3.05, 3.63) is 119 Å². The van der Waals surface area contributed by atoms with E-state index in [0.29, 0.717) is 61.2 Å². The standard InChI is InChI=1S/C54H56N10O7S/c1-32-30-36(71-35-12-10-34(11-13-35)70-29-28-62-24-26-63(27-25-62)43-8-5-6-39-47(60-61(2)50(39)43)40-17-19-46(65)58-51(40)66)14-15-37(32)38-16-18-45(57-49(38)53(68)69)64-23-21-33-20-22-55-48(41(33)31-64)52(67)59-54-56-42-7-3-4-9-44(42)72-54/h3-9,14-16,18,20,22,30,34-35,40H,10-13,17,19,21,23-29,31H2,1-2H3,(H,68,69)(H,56,59,67)(H,58,65,66). The minimum Gasteiger partial charge on any atom is -0.490 e. The topological polar surface area (TPSA) is 197 Å². The van der Waals surface area contributed by atoms with E-state index in [4.69, 9.17) is 19.6 Å². The summed E-state index contributed by atoms with van der Waals surface area (Å²) in [6.45, 7) is 8.03. The second kappa shape index (κ2) is 20.1. The van der Waals surface area contributed by atoms with Crippen LogP contribution < -0.4 is 25.2 Å². The van der Waals surface area contributed by atoms with Gasteiger partial charge in [0.1, 0.15) is 17.3 Å². The second-order valence-electron chi connectivity index (χ2n) is 19.2. The molecule has 72 heavy (non-hydrogen) atoms. The summed E-state index contributed by atoms with van der Waals surface area (Å²) in [5, 5.41) is 22.1. The number of hydrogen-bond acceptors (Lipinski definition) is 14. The first-order valence-corrected chi connectivity index (χ1v) is 25.6. The van der Waals surface area contributed by atoms with E-state index in [0.717, 1.165) is 119 Å². The van der Waals surface area contributed by atoms with Crippen LogP contribution in [0.5, 0.6) is 5.75 Å². The molecule has 1 unspecified atom stereocenters. The van der Waals surface area contributed by atoms with Gasteiger partial charge >= 0.3 is 5.97 Å². The Kier molecular flexibility index (Phi) is 13.1. The fourth-order valence-electron chi connectivity index (χ4n) is 10.8. The first-order valence-electron chi connectivity index (χ1n) is 24.8. The summed E-state index contributed by atoms with van der Waals surface area (Å²) in [7, 11) is 1.92. The minimum absolute atomic E-state index is 0.0438. The van der Waals surface area contributed by atoms with Gasteiger partial charge in [-0.1, -0.05) is 41.7 Å². The van der Waals surface area contributed by atoms with Crippen LogP contribution in [0.25, 0.3) is 32.2 Å². The number of aryl methyl sites for hydroxylation is 2. The number of ether oxygens (including phenoxy) is 2. The van der Waals surface area contributed by atoms with Gasteiger partial charge in [-0.25, -0.2) is 14.8 Å². The zero-order valence-corrected chi connectivity index (χ0v) is 41.1. The summed E-state index contributed by atoms with van der Waals surface area (Å²) in [4.78, 5) is 71.4. The number of aromatic carboxylic acids is 1. The predicted molar refractivity (Wildman–Crippen MR) is 275 cm³/mol. The molecule has 7 heterocycles. The third-order valence-corrected chi connectivity index (χ3v) is 15.6. The third-order valence-electron chi connectivity index (χ3n) is 14.6. The van der Waals surface area contributed by atoms with Gasteiger partial charge in [0.2, 0.25) is 11.8 Å². The van der Waals surface area contributed by atoms with Gasteiger partial charge in [0, 0.05) is 82.0 Å². The van der Waals surface area contributed by atoms with Gasteiger partial charge in [-0.15, -0.1) is 0 Å². The normalized spacial score (nSPS) is 19.6.